The zero-order valence-electron chi connectivity index (χ0n) is 9.64. The van der Waals surface area contributed by atoms with E-state index in [1.807, 2.05) is 13.8 Å². The number of halogens is 2. The van der Waals surface area contributed by atoms with E-state index < -0.39 is 0 Å². The van der Waals surface area contributed by atoms with Crippen LogP contribution in [0.4, 0.5) is 0 Å². The van der Waals surface area contributed by atoms with Gasteiger partial charge in [-0.05, 0) is 43.4 Å². The number of nitrogens with one attached hydrogen (secondary N) is 1. The van der Waals surface area contributed by atoms with E-state index in [0.29, 0.717) is 16.9 Å². The van der Waals surface area contributed by atoms with E-state index in [2.05, 4.69) is 28.1 Å². The van der Waals surface area contributed by atoms with Crippen LogP contribution in [0, 0.1) is 24.2 Å². The molecule has 0 aliphatic rings. The predicted octanol–water partition coefficient (Wildman–Crippen LogP) is 2.89. The second-order valence-corrected chi connectivity index (χ2v) is 4.77. The highest BCUT2D eigenvalue weighted by atomic mass is 35.5. The van der Waals surface area contributed by atoms with Gasteiger partial charge in [-0.2, -0.15) is 0 Å². The van der Waals surface area contributed by atoms with Gasteiger partial charge in [0.15, 0.2) is 0 Å². The van der Waals surface area contributed by atoms with E-state index in [0.717, 1.165) is 5.56 Å². The van der Waals surface area contributed by atoms with E-state index in [9.17, 15) is 0 Å². The van der Waals surface area contributed by atoms with E-state index >= 15 is 0 Å². The smallest absolute Gasteiger partial charge is 0.131 e. The minimum atomic E-state index is -0.366. The van der Waals surface area contributed by atoms with Gasteiger partial charge in [0.1, 0.15) is 10.3 Å². The molecular formula is C13H12Cl2N2. The molecule has 0 aliphatic heterocycles. The Morgan fingerprint density at radius 2 is 1.94 bits per heavy atom. The largest absolute Gasteiger partial charge is 0.297 e. The quantitative estimate of drug-likeness (QED) is 0.672. The van der Waals surface area contributed by atoms with Crippen LogP contribution in [0.25, 0.3) is 0 Å². The summed E-state index contributed by atoms with van der Waals surface area (Å²) >= 11 is 11.6. The molecule has 0 atom stereocenters. The molecule has 1 aromatic heterocycles. The number of nitrogens with zero attached hydrogens (tertiary/aromatic N) is 1. The highest BCUT2D eigenvalue weighted by molar-refractivity contribution is 6.32. The molecule has 1 heterocycles. The van der Waals surface area contributed by atoms with Crippen LogP contribution in [0.1, 0.15) is 19.4 Å². The van der Waals surface area contributed by atoms with Crippen molar-refractivity contribution in [3.05, 3.63) is 28.0 Å². The Morgan fingerprint density at radius 3 is 2.47 bits per heavy atom. The van der Waals surface area contributed by atoms with Gasteiger partial charge in [0.25, 0.3) is 0 Å². The molecule has 0 saturated heterocycles. The van der Waals surface area contributed by atoms with Gasteiger partial charge in [0.2, 0.25) is 0 Å². The van der Waals surface area contributed by atoms with Gasteiger partial charge >= 0.3 is 0 Å². The first-order valence-corrected chi connectivity index (χ1v) is 5.73. The third kappa shape index (κ3) is 5.11. The summed E-state index contributed by atoms with van der Waals surface area (Å²) in [6.07, 6.45) is 5.09. The normalized spacial score (nSPS) is 10.3. The summed E-state index contributed by atoms with van der Waals surface area (Å²) in [6, 6.07) is 3.51. The fourth-order valence-electron chi connectivity index (χ4n) is 1.18. The van der Waals surface area contributed by atoms with Crippen molar-refractivity contribution >= 4 is 23.2 Å². The first-order chi connectivity index (χ1) is 7.93. The average Bonchev–Trinajstić information content (AvgIpc) is 2.23. The highest BCUT2D eigenvalue weighted by Crippen LogP contribution is 2.15. The third-order valence-corrected chi connectivity index (χ3v) is 2.39. The lowest BCUT2D eigenvalue weighted by molar-refractivity contribution is 0.490. The number of rotatable bonds is 3. The van der Waals surface area contributed by atoms with Crippen molar-refractivity contribution < 1.29 is 0 Å². The molecule has 17 heavy (non-hydrogen) atoms. The summed E-state index contributed by atoms with van der Waals surface area (Å²) in [7, 11) is 0. The molecule has 0 radical (unpaired) electrons. The summed E-state index contributed by atoms with van der Waals surface area (Å²) in [6.45, 7) is 4.48. The molecule has 1 aromatic rings. The maximum atomic E-state index is 5.81. The van der Waals surface area contributed by atoms with Crippen molar-refractivity contribution in [1.82, 2.24) is 10.3 Å². The molecule has 4 heteroatoms. The van der Waals surface area contributed by atoms with Crippen LogP contribution in [0.15, 0.2) is 12.1 Å². The molecule has 0 saturated carbocycles. The van der Waals surface area contributed by atoms with Crippen molar-refractivity contribution in [2.75, 3.05) is 0 Å². The average molecular weight is 267 g/mol. The van der Waals surface area contributed by atoms with E-state index in [-0.39, 0.29) is 5.54 Å². The molecular weight excluding hydrogens is 255 g/mol. The topological polar surface area (TPSA) is 24.9 Å². The maximum Gasteiger partial charge on any atom is 0.131 e. The van der Waals surface area contributed by atoms with Crippen LogP contribution < -0.4 is 5.32 Å². The minimum absolute atomic E-state index is 0.366. The maximum absolute atomic E-state index is 5.81. The molecule has 0 amide bonds. The molecule has 0 spiro atoms. The third-order valence-electron chi connectivity index (χ3n) is 2.00. The molecule has 0 aromatic carbocycles. The molecule has 1 N–H and O–H groups in total. The summed E-state index contributed by atoms with van der Waals surface area (Å²) in [4.78, 5) is 3.88. The summed E-state index contributed by atoms with van der Waals surface area (Å²) < 4.78 is 0. The van der Waals surface area contributed by atoms with Crippen LogP contribution in [0.3, 0.4) is 0 Å². The van der Waals surface area contributed by atoms with Gasteiger partial charge in [-0.15, -0.1) is 6.42 Å². The zero-order chi connectivity index (χ0) is 12.9. The zero-order valence-corrected chi connectivity index (χ0v) is 11.2. The Balaban J connectivity index is 2.71. The standard InChI is InChI=1S/C13H12Cl2N2/c1-4-5-6-13(2,3)16-9-10-7-11(14)17-12(15)8-10/h1,7-8,16H,9H2,2-3H3. The van der Waals surface area contributed by atoms with Crippen LogP contribution >= 0.6 is 23.2 Å². The van der Waals surface area contributed by atoms with Crippen molar-refractivity contribution in [3.8, 4) is 24.2 Å². The van der Waals surface area contributed by atoms with Gasteiger partial charge in [-0.1, -0.05) is 29.1 Å². The molecule has 1 rings (SSSR count). The van der Waals surface area contributed by atoms with E-state index in [4.69, 9.17) is 29.6 Å². The van der Waals surface area contributed by atoms with Crippen LogP contribution in [-0.2, 0) is 6.54 Å². The molecule has 0 unspecified atom stereocenters. The Kier molecular flexibility index (Phi) is 4.85. The molecule has 88 valence electrons. The summed E-state index contributed by atoms with van der Waals surface area (Å²) in [5, 5.41) is 4.00. The SMILES string of the molecule is C#CC#CC(C)(C)NCc1cc(Cl)nc(Cl)c1. The number of terminal acetylenes is 1. The lowest BCUT2D eigenvalue weighted by atomic mass is 10.1. The van der Waals surface area contributed by atoms with Crippen molar-refractivity contribution in [2.45, 2.75) is 25.9 Å². The van der Waals surface area contributed by atoms with Crippen LogP contribution in [0.2, 0.25) is 10.3 Å². The lowest BCUT2D eigenvalue weighted by Gasteiger charge is -2.19. The molecule has 0 aliphatic carbocycles. The number of pyridine rings is 1. The highest BCUT2D eigenvalue weighted by Gasteiger charge is 2.13. The number of hydrogen-bond donors (Lipinski definition) is 1. The van der Waals surface area contributed by atoms with Gasteiger partial charge in [0, 0.05) is 6.54 Å². The Labute approximate surface area is 112 Å². The Bertz CT molecular complexity index is 484. The van der Waals surface area contributed by atoms with Crippen molar-refractivity contribution in [1.29, 1.82) is 0 Å². The van der Waals surface area contributed by atoms with Crippen LogP contribution in [-0.4, -0.2) is 10.5 Å². The monoisotopic (exact) mass is 266 g/mol. The lowest BCUT2D eigenvalue weighted by Crippen LogP contribution is -2.37. The second-order valence-electron chi connectivity index (χ2n) is 3.99. The molecule has 0 bridgehead atoms. The minimum Gasteiger partial charge on any atom is -0.297 e. The fraction of sp³-hybridized carbons (Fsp3) is 0.308. The summed E-state index contributed by atoms with van der Waals surface area (Å²) in [5.74, 6) is 7.81. The van der Waals surface area contributed by atoms with Gasteiger partial charge in [-0.3, -0.25) is 5.32 Å². The molecule has 0 fully saturated rings. The van der Waals surface area contributed by atoms with Gasteiger partial charge < -0.3 is 0 Å². The summed E-state index contributed by atoms with van der Waals surface area (Å²) in [5.41, 5.74) is 0.583. The first-order valence-electron chi connectivity index (χ1n) is 4.98. The Morgan fingerprint density at radius 1 is 1.35 bits per heavy atom. The van der Waals surface area contributed by atoms with Gasteiger partial charge in [-0.25, -0.2) is 4.98 Å². The second kappa shape index (κ2) is 5.94. The van der Waals surface area contributed by atoms with E-state index in [1.165, 1.54) is 0 Å². The first kappa shape index (κ1) is 13.9. The number of hydrogen-bond acceptors (Lipinski definition) is 2. The fourth-order valence-corrected chi connectivity index (χ4v) is 1.68. The Hall–Kier alpha value is -1.19. The van der Waals surface area contributed by atoms with Gasteiger partial charge in [0.05, 0.1) is 5.54 Å². The van der Waals surface area contributed by atoms with Crippen molar-refractivity contribution in [3.63, 3.8) is 0 Å². The predicted molar refractivity (Wildman–Crippen MR) is 71.8 cm³/mol. The number of aromatic nitrogens is 1. The van der Waals surface area contributed by atoms with E-state index in [1.54, 1.807) is 12.1 Å². The molecule has 2 nitrogen and oxygen atoms in total. The van der Waals surface area contributed by atoms with Crippen LogP contribution in [0.5, 0.6) is 0 Å². The van der Waals surface area contributed by atoms with Crippen molar-refractivity contribution in [2.24, 2.45) is 0 Å².